The molecule has 1 rings (SSSR count). The zero-order chi connectivity index (χ0) is 13.5. The highest BCUT2D eigenvalue weighted by atomic mass is 16.6. The topological polar surface area (TPSA) is 104 Å². The van der Waals surface area contributed by atoms with Crippen molar-refractivity contribution in [1.82, 2.24) is 10.3 Å². The molecule has 0 aliphatic heterocycles. The molecule has 0 amide bonds. The lowest BCUT2D eigenvalue weighted by atomic mass is 10.2. The Morgan fingerprint density at radius 1 is 1.56 bits per heavy atom. The molecular formula is C11H15N5O2. The standard InChI is InChI=1S/C11H15N5O2/c1-8(2)13-3-4-14-11-9(6-12)5-10(7-15-11)16(17)18/h5,7-8,13H,3-4H2,1-2H3,(H,14,15). The zero-order valence-electron chi connectivity index (χ0n) is 10.3. The van der Waals surface area contributed by atoms with Crippen molar-refractivity contribution in [2.45, 2.75) is 19.9 Å². The Morgan fingerprint density at radius 3 is 2.83 bits per heavy atom. The van der Waals surface area contributed by atoms with Crippen LogP contribution in [0.15, 0.2) is 12.3 Å². The molecule has 1 aromatic heterocycles. The van der Waals surface area contributed by atoms with Gasteiger partial charge in [-0.3, -0.25) is 10.1 Å². The molecule has 1 aromatic rings. The lowest BCUT2D eigenvalue weighted by molar-refractivity contribution is -0.385. The first-order valence-corrected chi connectivity index (χ1v) is 5.56. The number of anilines is 1. The number of rotatable bonds is 6. The van der Waals surface area contributed by atoms with Crippen molar-refractivity contribution in [3.05, 3.63) is 27.9 Å². The number of nitrogens with zero attached hydrogens (tertiary/aromatic N) is 3. The van der Waals surface area contributed by atoms with Crippen LogP contribution in [0.5, 0.6) is 0 Å². The molecular weight excluding hydrogens is 234 g/mol. The molecule has 1 heterocycles. The molecule has 0 unspecified atom stereocenters. The van der Waals surface area contributed by atoms with Crippen molar-refractivity contribution in [3.8, 4) is 6.07 Å². The SMILES string of the molecule is CC(C)NCCNc1ncc([N+](=O)[O-])cc1C#N. The van der Waals surface area contributed by atoms with Gasteiger partial charge in [-0.05, 0) is 0 Å². The Hall–Kier alpha value is -2.20. The average molecular weight is 249 g/mol. The van der Waals surface area contributed by atoms with E-state index in [1.54, 1.807) is 0 Å². The van der Waals surface area contributed by atoms with Crippen molar-refractivity contribution < 1.29 is 4.92 Å². The molecule has 0 fully saturated rings. The van der Waals surface area contributed by atoms with E-state index in [2.05, 4.69) is 15.6 Å². The number of nitrogens with one attached hydrogen (secondary N) is 2. The van der Waals surface area contributed by atoms with Crippen LogP contribution in [0, 0.1) is 21.4 Å². The van der Waals surface area contributed by atoms with Crippen LogP contribution in [0.3, 0.4) is 0 Å². The van der Waals surface area contributed by atoms with Crippen molar-refractivity contribution in [2.75, 3.05) is 18.4 Å². The van der Waals surface area contributed by atoms with Gasteiger partial charge in [-0.2, -0.15) is 5.26 Å². The molecule has 0 saturated carbocycles. The molecule has 0 radical (unpaired) electrons. The van der Waals surface area contributed by atoms with Crippen LogP contribution in [0.2, 0.25) is 0 Å². The van der Waals surface area contributed by atoms with Crippen molar-refractivity contribution >= 4 is 11.5 Å². The van der Waals surface area contributed by atoms with Crippen LogP contribution in [-0.4, -0.2) is 29.0 Å². The number of nitro groups is 1. The Kier molecular flexibility index (Phi) is 5.02. The van der Waals surface area contributed by atoms with Crippen LogP contribution >= 0.6 is 0 Å². The molecule has 18 heavy (non-hydrogen) atoms. The summed E-state index contributed by atoms with van der Waals surface area (Å²) in [6.45, 7) is 5.38. The van der Waals surface area contributed by atoms with E-state index in [4.69, 9.17) is 5.26 Å². The van der Waals surface area contributed by atoms with Crippen LogP contribution in [0.25, 0.3) is 0 Å². The number of nitriles is 1. The smallest absolute Gasteiger partial charge is 0.289 e. The average Bonchev–Trinajstić information content (AvgIpc) is 2.34. The lowest BCUT2D eigenvalue weighted by Gasteiger charge is -2.10. The minimum absolute atomic E-state index is 0.175. The Bertz CT molecular complexity index is 467. The normalized spacial score (nSPS) is 10.1. The van der Waals surface area contributed by atoms with E-state index < -0.39 is 4.92 Å². The molecule has 0 spiro atoms. The minimum Gasteiger partial charge on any atom is -0.368 e. The maximum Gasteiger partial charge on any atom is 0.289 e. The highest BCUT2D eigenvalue weighted by Gasteiger charge is 2.11. The number of pyridine rings is 1. The molecule has 0 aromatic carbocycles. The molecule has 7 heteroatoms. The summed E-state index contributed by atoms with van der Waals surface area (Å²) in [5.41, 5.74) is -0.00819. The first-order chi connectivity index (χ1) is 8.54. The van der Waals surface area contributed by atoms with Crippen molar-refractivity contribution in [1.29, 1.82) is 5.26 Å². The molecule has 0 bridgehead atoms. The van der Waals surface area contributed by atoms with E-state index in [1.165, 1.54) is 6.07 Å². The third-order valence-corrected chi connectivity index (χ3v) is 2.17. The highest BCUT2D eigenvalue weighted by molar-refractivity contribution is 5.55. The van der Waals surface area contributed by atoms with Gasteiger partial charge in [-0.15, -0.1) is 0 Å². The van der Waals surface area contributed by atoms with Gasteiger partial charge in [0.15, 0.2) is 0 Å². The Balaban J connectivity index is 2.66. The summed E-state index contributed by atoms with van der Waals surface area (Å²) in [6, 6.07) is 3.49. The summed E-state index contributed by atoms with van der Waals surface area (Å²) >= 11 is 0. The predicted molar refractivity (Wildman–Crippen MR) is 67.2 cm³/mol. The van der Waals surface area contributed by atoms with Gasteiger partial charge < -0.3 is 10.6 Å². The lowest BCUT2D eigenvalue weighted by Crippen LogP contribution is -2.28. The van der Waals surface area contributed by atoms with E-state index in [1.807, 2.05) is 19.9 Å². The monoisotopic (exact) mass is 249 g/mol. The maximum atomic E-state index is 10.5. The molecule has 2 N–H and O–H groups in total. The molecule has 96 valence electrons. The van der Waals surface area contributed by atoms with Crippen molar-refractivity contribution in [3.63, 3.8) is 0 Å². The van der Waals surface area contributed by atoms with Gasteiger partial charge in [0.2, 0.25) is 0 Å². The van der Waals surface area contributed by atoms with Crippen LogP contribution in [0.4, 0.5) is 11.5 Å². The van der Waals surface area contributed by atoms with Gasteiger partial charge >= 0.3 is 0 Å². The van der Waals surface area contributed by atoms with Crippen molar-refractivity contribution in [2.24, 2.45) is 0 Å². The fourth-order valence-corrected chi connectivity index (χ4v) is 1.32. The van der Waals surface area contributed by atoms with Gasteiger partial charge in [-0.25, -0.2) is 4.98 Å². The Labute approximate surface area is 105 Å². The summed E-state index contributed by atoms with van der Waals surface area (Å²) in [5.74, 6) is 0.369. The highest BCUT2D eigenvalue weighted by Crippen LogP contribution is 2.17. The van der Waals surface area contributed by atoms with Gasteiger partial charge in [0.25, 0.3) is 5.69 Å². The second-order valence-electron chi connectivity index (χ2n) is 3.99. The molecule has 0 aliphatic carbocycles. The van der Waals surface area contributed by atoms with E-state index >= 15 is 0 Å². The van der Waals surface area contributed by atoms with E-state index in [0.29, 0.717) is 18.4 Å². The summed E-state index contributed by atoms with van der Waals surface area (Å²) in [5, 5.41) is 25.6. The molecule has 7 nitrogen and oxygen atoms in total. The summed E-state index contributed by atoms with van der Waals surface area (Å²) in [4.78, 5) is 13.9. The second-order valence-corrected chi connectivity index (χ2v) is 3.99. The van der Waals surface area contributed by atoms with Gasteiger partial charge in [0.05, 0.1) is 4.92 Å². The fourth-order valence-electron chi connectivity index (χ4n) is 1.32. The summed E-state index contributed by atoms with van der Waals surface area (Å²) in [7, 11) is 0. The molecule has 0 aliphatic rings. The van der Waals surface area contributed by atoms with E-state index in [9.17, 15) is 10.1 Å². The number of hydrogen-bond donors (Lipinski definition) is 2. The largest absolute Gasteiger partial charge is 0.368 e. The van der Waals surface area contributed by atoms with Gasteiger partial charge in [-0.1, -0.05) is 13.8 Å². The van der Waals surface area contributed by atoms with Crippen LogP contribution < -0.4 is 10.6 Å². The quantitative estimate of drug-likeness (QED) is 0.447. The third-order valence-electron chi connectivity index (χ3n) is 2.17. The maximum absolute atomic E-state index is 10.5. The minimum atomic E-state index is -0.571. The fraction of sp³-hybridized carbons (Fsp3) is 0.455. The zero-order valence-corrected chi connectivity index (χ0v) is 10.3. The first-order valence-electron chi connectivity index (χ1n) is 5.56. The summed E-state index contributed by atoms with van der Waals surface area (Å²) < 4.78 is 0. The van der Waals surface area contributed by atoms with E-state index in [0.717, 1.165) is 12.7 Å². The first kappa shape index (κ1) is 13.9. The molecule has 0 saturated heterocycles. The van der Waals surface area contributed by atoms with Gasteiger partial charge in [0.1, 0.15) is 23.6 Å². The second kappa shape index (κ2) is 6.51. The number of hydrogen-bond acceptors (Lipinski definition) is 6. The number of aromatic nitrogens is 1. The summed E-state index contributed by atoms with van der Waals surface area (Å²) in [6.07, 6.45) is 1.14. The van der Waals surface area contributed by atoms with Gasteiger partial charge in [0, 0.05) is 25.2 Å². The predicted octanol–water partition coefficient (Wildman–Crippen LogP) is 1.27. The third kappa shape index (κ3) is 3.99. The van der Waals surface area contributed by atoms with E-state index in [-0.39, 0.29) is 11.3 Å². The molecule has 0 atom stereocenters. The van der Waals surface area contributed by atoms with Crippen LogP contribution in [-0.2, 0) is 0 Å². The van der Waals surface area contributed by atoms with Crippen LogP contribution in [0.1, 0.15) is 19.4 Å². The Morgan fingerprint density at radius 2 is 2.28 bits per heavy atom.